The number of pyridine rings is 4. The van der Waals surface area contributed by atoms with Crippen LogP contribution in [0.3, 0.4) is 0 Å². The molecular formula is C48H29N5. The van der Waals surface area contributed by atoms with Crippen molar-refractivity contribution in [3.8, 4) is 44.8 Å². The summed E-state index contributed by atoms with van der Waals surface area (Å²) in [6.07, 6.45) is 7.96. The summed E-state index contributed by atoms with van der Waals surface area (Å²) in [6, 6.07) is 53.4. The average Bonchev–Trinajstić information content (AvgIpc) is 3.68. The van der Waals surface area contributed by atoms with Gasteiger partial charge >= 0.3 is 0 Å². The van der Waals surface area contributed by atoms with Crippen LogP contribution in [0, 0.1) is 0 Å². The second kappa shape index (κ2) is 11.7. The molecule has 6 aromatic carbocycles. The van der Waals surface area contributed by atoms with Gasteiger partial charge in [0.05, 0.1) is 27.9 Å². The summed E-state index contributed by atoms with van der Waals surface area (Å²) in [5.41, 5.74) is 12.4. The standard InChI is InChI=1S/C48H29N5/c1-2-10-30(11-3-1)43-29-53-27-24-41-44(48(53)52-43)40-17-6-7-18-42(40)51-45(41)33-13-8-12-32(28-33)34-21-22-37(36-16-5-4-15-35(34)36)38-23-26-50-47-39(38)20-19-31-14-9-25-49-46(31)47/h1-29H. The van der Waals surface area contributed by atoms with Crippen LogP contribution in [0.25, 0.3) is 105 Å². The van der Waals surface area contributed by atoms with E-state index in [2.05, 4.69) is 161 Å². The quantitative estimate of drug-likeness (QED) is 0.174. The molecule has 53 heavy (non-hydrogen) atoms. The van der Waals surface area contributed by atoms with Crippen LogP contribution in [0.1, 0.15) is 0 Å². The first-order valence-electron chi connectivity index (χ1n) is 17.8. The molecule has 5 aromatic heterocycles. The summed E-state index contributed by atoms with van der Waals surface area (Å²) < 4.78 is 2.13. The lowest BCUT2D eigenvalue weighted by Gasteiger charge is -2.15. The molecule has 0 unspecified atom stereocenters. The van der Waals surface area contributed by atoms with Crippen LogP contribution in [0.2, 0.25) is 0 Å². The van der Waals surface area contributed by atoms with Gasteiger partial charge in [-0.3, -0.25) is 9.97 Å². The van der Waals surface area contributed by atoms with Crippen molar-refractivity contribution in [1.29, 1.82) is 0 Å². The molecule has 246 valence electrons. The summed E-state index contributed by atoms with van der Waals surface area (Å²) in [5.74, 6) is 0. The number of imidazole rings is 1. The minimum absolute atomic E-state index is 0.917. The van der Waals surface area contributed by atoms with E-state index in [4.69, 9.17) is 15.0 Å². The number of nitrogens with zero attached hydrogens (tertiary/aromatic N) is 5. The molecule has 0 radical (unpaired) electrons. The van der Waals surface area contributed by atoms with Gasteiger partial charge in [-0.15, -0.1) is 0 Å². The van der Waals surface area contributed by atoms with E-state index < -0.39 is 0 Å². The number of aromatic nitrogens is 5. The number of benzene rings is 6. The smallest absolute Gasteiger partial charge is 0.146 e. The van der Waals surface area contributed by atoms with E-state index in [1.165, 1.54) is 21.9 Å². The third-order valence-electron chi connectivity index (χ3n) is 10.5. The molecule has 0 aliphatic heterocycles. The van der Waals surface area contributed by atoms with E-state index in [0.717, 1.165) is 82.8 Å². The molecule has 0 saturated heterocycles. The fourth-order valence-corrected chi connectivity index (χ4v) is 8.05. The molecule has 0 amide bonds. The van der Waals surface area contributed by atoms with Crippen molar-refractivity contribution in [1.82, 2.24) is 24.3 Å². The molecule has 0 fully saturated rings. The summed E-state index contributed by atoms with van der Waals surface area (Å²) in [6.45, 7) is 0. The summed E-state index contributed by atoms with van der Waals surface area (Å²) in [4.78, 5) is 20.0. The number of hydrogen-bond donors (Lipinski definition) is 0. The van der Waals surface area contributed by atoms with E-state index >= 15 is 0 Å². The molecule has 0 N–H and O–H groups in total. The van der Waals surface area contributed by atoms with E-state index in [1.54, 1.807) is 0 Å². The first-order chi connectivity index (χ1) is 26.3. The van der Waals surface area contributed by atoms with Crippen molar-refractivity contribution in [3.05, 3.63) is 176 Å². The molecule has 0 aliphatic rings. The van der Waals surface area contributed by atoms with Crippen LogP contribution >= 0.6 is 0 Å². The average molecular weight is 676 g/mol. The third kappa shape index (κ3) is 4.64. The highest BCUT2D eigenvalue weighted by molar-refractivity contribution is 6.17. The van der Waals surface area contributed by atoms with Crippen LogP contribution in [0.4, 0.5) is 0 Å². The van der Waals surface area contributed by atoms with Crippen molar-refractivity contribution in [2.24, 2.45) is 0 Å². The zero-order valence-electron chi connectivity index (χ0n) is 28.5. The predicted octanol–water partition coefficient (Wildman–Crippen LogP) is 12.0. The lowest BCUT2D eigenvalue weighted by Crippen LogP contribution is -1.94. The maximum absolute atomic E-state index is 5.30. The Balaban J connectivity index is 1.09. The summed E-state index contributed by atoms with van der Waals surface area (Å²) >= 11 is 0. The van der Waals surface area contributed by atoms with Gasteiger partial charge in [0.2, 0.25) is 0 Å². The molecule has 0 bridgehead atoms. The molecule has 0 spiro atoms. The zero-order valence-corrected chi connectivity index (χ0v) is 28.5. The molecule has 11 rings (SSSR count). The zero-order chi connectivity index (χ0) is 34.9. The highest BCUT2D eigenvalue weighted by atomic mass is 15.0. The van der Waals surface area contributed by atoms with Crippen LogP contribution in [-0.2, 0) is 0 Å². The largest absolute Gasteiger partial charge is 0.306 e. The highest BCUT2D eigenvalue weighted by Crippen LogP contribution is 2.41. The fraction of sp³-hybridized carbons (Fsp3) is 0. The maximum atomic E-state index is 5.30. The van der Waals surface area contributed by atoms with Crippen molar-refractivity contribution >= 4 is 59.9 Å². The lowest BCUT2D eigenvalue weighted by molar-refractivity contribution is 1.20. The van der Waals surface area contributed by atoms with Gasteiger partial charge in [0.25, 0.3) is 0 Å². The summed E-state index contributed by atoms with van der Waals surface area (Å²) in [7, 11) is 0. The Bertz CT molecular complexity index is 3240. The van der Waals surface area contributed by atoms with E-state index in [9.17, 15) is 0 Å². The molecule has 0 saturated carbocycles. The van der Waals surface area contributed by atoms with Crippen molar-refractivity contribution < 1.29 is 0 Å². The Morgan fingerprint density at radius 1 is 0.434 bits per heavy atom. The van der Waals surface area contributed by atoms with Crippen molar-refractivity contribution in [2.75, 3.05) is 0 Å². The Hall–Kier alpha value is -7.24. The topological polar surface area (TPSA) is 56.0 Å². The Morgan fingerprint density at radius 3 is 2.08 bits per heavy atom. The number of hydrogen-bond acceptors (Lipinski definition) is 4. The molecule has 0 aliphatic carbocycles. The number of para-hydroxylation sites is 1. The molecule has 5 heterocycles. The predicted molar refractivity (Wildman–Crippen MR) is 218 cm³/mol. The number of fused-ring (bicyclic) bond motifs is 9. The van der Waals surface area contributed by atoms with Gasteiger partial charge in [0.15, 0.2) is 0 Å². The van der Waals surface area contributed by atoms with Gasteiger partial charge in [-0.2, -0.15) is 0 Å². The Morgan fingerprint density at radius 2 is 1.17 bits per heavy atom. The van der Waals surface area contributed by atoms with Crippen molar-refractivity contribution in [2.45, 2.75) is 0 Å². The van der Waals surface area contributed by atoms with Crippen LogP contribution < -0.4 is 0 Å². The van der Waals surface area contributed by atoms with E-state index in [0.29, 0.717) is 0 Å². The highest BCUT2D eigenvalue weighted by Gasteiger charge is 2.18. The first kappa shape index (κ1) is 29.5. The third-order valence-corrected chi connectivity index (χ3v) is 10.5. The van der Waals surface area contributed by atoms with Gasteiger partial charge in [0.1, 0.15) is 5.65 Å². The molecule has 0 atom stereocenters. The Labute approximate surface area is 304 Å². The summed E-state index contributed by atoms with van der Waals surface area (Å²) in [5, 5.41) is 7.82. The van der Waals surface area contributed by atoms with E-state index in [1.807, 2.05) is 24.5 Å². The van der Waals surface area contributed by atoms with Crippen LogP contribution in [-0.4, -0.2) is 24.3 Å². The molecule has 5 nitrogen and oxygen atoms in total. The monoisotopic (exact) mass is 675 g/mol. The first-order valence-corrected chi connectivity index (χ1v) is 17.8. The normalized spacial score (nSPS) is 11.8. The van der Waals surface area contributed by atoms with Gasteiger partial charge in [0, 0.05) is 62.8 Å². The minimum Gasteiger partial charge on any atom is -0.306 e. The van der Waals surface area contributed by atoms with Crippen LogP contribution in [0.15, 0.2) is 176 Å². The van der Waals surface area contributed by atoms with Gasteiger partial charge in [-0.05, 0) is 63.4 Å². The minimum atomic E-state index is 0.917. The number of rotatable bonds is 4. The molecule has 5 heteroatoms. The van der Waals surface area contributed by atoms with E-state index in [-0.39, 0.29) is 0 Å². The second-order valence-corrected chi connectivity index (χ2v) is 13.5. The SMILES string of the molecule is c1ccc(-c2cn3ccc4c(-c5cccc(-c6ccc(-c7ccnc8c7ccc7cccnc78)c7ccccc67)c5)nc5ccccc5c4c3n2)cc1. The second-order valence-electron chi connectivity index (χ2n) is 13.5. The molecular weight excluding hydrogens is 647 g/mol. The van der Waals surface area contributed by atoms with Gasteiger partial charge < -0.3 is 4.40 Å². The Kier molecular flexibility index (Phi) is 6.48. The van der Waals surface area contributed by atoms with Gasteiger partial charge in [-0.1, -0.05) is 121 Å². The fourth-order valence-electron chi connectivity index (χ4n) is 8.05. The van der Waals surface area contributed by atoms with Gasteiger partial charge in [-0.25, -0.2) is 9.97 Å². The maximum Gasteiger partial charge on any atom is 0.146 e. The van der Waals surface area contributed by atoms with Crippen LogP contribution in [0.5, 0.6) is 0 Å². The molecule has 11 aromatic rings. The van der Waals surface area contributed by atoms with Crippen molar-refractivity contribution in [3.63, 3.8) is 0 Å². The lowest BCUT2D eigenvalue weighted by atomic mass is 9.90.